The van der Waals surface area contributed by atoms with E-state index in [1.165, 1.54) is 0 Å². The Morgan fingerprint density at radius 2 is 1.93 bits per heavy atom. The van der Waals surface area contributed by atoms with Gasteiger partial charge < -0.3 is 13.7 Å². The maximum Gasteiger partial charge on any atom is 0.289 e. The molecule has 0 N–H and O–H groups in total. The van der Waals surface area contributed by atoms with Crippen molar-refractivity contribution in [1.82, 2.24) is 20.0 Å². The van der Waals surface area contributed by atoms with Gasteiger partial charge in [-0.1, -0.05) is 18.2 Å². The smallest absolute Gasteiger partial charge is 0.289 e. The molecule has 1 unspecified atom stereocenters. The van der Waals surface area contributed by atoms with Crippen molar-refractivity contribution in [2.75, 3.05) is 26.7 Å². The van der Waals surface area contributed by atoms with Crippen LogP contribution in [0.25, 0.3) is 11.5 Å². The Balaban J connectivity index is 1.12. The van der Waals surface area contributed by atoms with Gasteiger partial charge in [0.2, 0.25) is 11.8 Å². The van der Waals surface area contributed by atoms with Crippen molar-refractivity contribution < 1.29 is 13.6 Å². The molecule has 1 aliphatic heterocycles. The van der Waals surface area contributed by atoms with Crippen LogP contribution in [0.1, 0.15) is 16.4 Å². The Bertz CT molecular complexity index is 941. The van der Waals surface area contributed by atoms with Crippen molar-refractivity contribution in [2.45, 2.75) is 6.54 Å². The molecule has 3 atom stereocenters. The summed E-state index contributed by atoms with van der Waals surface area (Å²) in [4.78, 5) is 16.5. The van der Waals surface area contributed by atoms with E-state index in [1.807, 2.05) is 35.2 Å². The summed E-state index contributed by atoms with van der Waals surface area (Å²) in [6.07, 6.45) is 1.54. The van der Waals surface area contributed by atoms with Crippen LogP contribution in [0.4, 0.5) is 0 Å². The maximum atomic E-state index is 12.4. The molecule has 1 aliphatic carbocycles. The molecule has 0 spiro atoms. The van der Waals surface area contributed by atoms with Crippen LogP contribution < -0.4 is 0 Å². The zero-order chi connectivity index (χ0) is 19.1. The molecule has 1 saturated heterocycles. The molecule has 144 valence electrons. The first-order valence-electron chi connectivity index (χ1n) is 9.58. The third-order valence-electron chi connectivity index (χ3n) is 5.81. The van der Waals surface area contributed by atoms with Crippen molar-refractivity contribution in [3.05, 3.63) is 60.4 Å². The zero-order valence-corrected chi connectivity index (χ0v) is 15.7. The number of fused-ring (bicyclic) bond motifs is 1. The van der Waals surface area contributed by atoms with Crippen molar-refractivity contribution in [1.29, 1.82) is 0 Å². The Morgan fingerprint density at radius 1 is 1.14 bits per heavy atom. The first-order chi connectivity index (χ1) is 13.7. The van der Waals surface area contributed by atoms with Crippen LogP contribution in [-0.4, -0.2) is 52.6 Å². The van der Waals surface area contributed by atoms with Crippen LogP contribution in [0.15, 0.2) is 57.6 Å². The van der Waals surface area contributed by atoms with Crippen LogP contribution in [-0.2, 0) is 6.54 Å². The van der Waals surface area contributed by atoms with Crippen LogP contribution >= 0.6 is 0 Å². The molecule has 0 bridgehead atoms. The van der Waals surface area contributed by atoms with Gasteiger partial charge in [-0.3, -0.25) is 9.69 Å². The molecule has 0 radical (unpaired) electrons. The fourth-order valence-corrected chi connectivity index (χ4v) is 4.31. The number of carbonyl (C=O) groups excluding carboxylic acids is 1. The third-order valence-corrected chi connectivity index (χ3v) is 5.81. The van der Waals surface area contributed by atoms with Crippen LogP contribution in [0.3, 0.4) is 0 Å². The molecule has 2 aliphatic rings. The Labute approximate surface area is 162 Å². The lowest BCUT2D eigenvalue weighted by Crippen LogP contribution is -2.33. The first-order valence-corrected chi connectivity index (χ1v) is 9.58. The normalized spacial score (nSPS) is 23.2. The minimum Gasteiger partial charge on any atom is -0.459 e. The molecule has 5 rings (SSSR count). The second-order valence-electron chi connectivity index (χ2n) is 7.74. The molecule has 1 amide bonds. The molecule has 2 aromatic heterocycles. The molecule has 7 nitrogen and oxygen atoms in total. The van der Waals surface area contributed by atoms with E-state index in [4.69, 9.17) is 8.83 Å². The average molecular weight is 378 g/mol. The number of amides is 1. The monoisotopic (exact) mass is 378 g/mol. The van der Waals surface area contributed by atoms with Gasteiger partial charge in [-0.15, -0.1) is 10.2 Å². The van der Waals surface area contributed by atoms with Crippen LogP contribution in [0, 0.1) is 17.8 Å². The highest BCUT2D eigenvalue weighted by molar-refractivity contribution is 5.91. The summed E-state index contributed by atoms with van der Waals surface area (Å²) in [6.45, 7) is 3.24. The first kappa shape index (κ1) is 17.2. The fourth-order valence-electron chi connectivity index (χ4n) is 4.31. The van der Waals surface area contributed by atoms with Gasteiger partial charge in [0.1, 0.15) is 0 Å². The van der Waals surface area contributed by atoms with E-state index >= 15 is 0 Å². The van der Waals surface area contributed by atoms with E-state index in [2.05, 4.69) is 22.1 Å². The van der Waals surface area contributed by atoms with Gasteiger partial charge >= 0.3 is 0 Å². The zero-order valence-electron chi connectivity index (χ0n) is 15.7. The number of piperidine rings is 1. The van der Waals surface area contributed by atoms with Crippen molar-refractivity contribution >= 4 is 5.91 Å². The fraction of sp³-hybridized carbons (Fsp3) is 0.381. The maximum absolute atomic E-state index is 12.4. The van der Waals surface area contributed by atoms with E-state index in [-0.39, 0.29) is 5.91 Å². The van der Waals surface area contributed by atoms with Gasteiger partial charge in [-0.25, -0.2) is 0 Å². The molecular weight excluding hydrogens is 356 g/mol. The number of nitrogens with zero attached hydrogens (tertiary/aromatic N) is 4. The van der Waals surface area contributed by atoms with Gasteiger partial charge in [-0.2, -0.15) is 0 Å². The van der Waals surface area contributed by atoms with Crippen molar-refractivity contribution in [3.63, 3.8) is 0 Å². The lowest BCUT2D eigenvalue weighted by Gasteiger charge is -2.21. The van der Waals surface area contributed by atoms with Gasteiger partial charge in [0.25, 0.3) is 5.91 Å². The lowest BCUT2D eigenvalue weighted by molar-refractivity contribution is 0.0732. The predicted octanol–water partition coefficient (Wildman–Crippen LogP) is 2.78. The molecule has 1 aromatic carbocycles. The van der Waals surface area contributed by atoms with E-state index in [0.29, 0.717) is 41.8 Å². The molecule has 7 heteroatoms. The van der Waals surface area contributed by atoms with Gasteiger partial charge in [0.05, 0.1) is 12.8 Å². The molecule has 28 heavy (non-hydrogen) atoms. The summed E-state index contributed by atoms with van der Waals surface area (Å²) in [7, 11) is 2.08. The van der Waals surface area contributed by atoms with E-state index in [1.54, 1.807) is 18.4 Å². The Kier molecular flexibility index (Phi) is 4.24. The number of likely N-dealkylation sites (tertiary alicyclic amines) is 1. The quantitative estimate of drug-likeness (QED) is 0.657. The highest BCUT2D eigenvalue weighted by atomic mass is 16.4. The summed E-state index contributed by atoms with van der Waals surface area (Å²) in [6, 6.07) is 13.3. The van der Waals surface area contributed by atoms with Gasteiger partial charge in [0.15, 0.2) is 5.76 Å². The number of benzene rings is 1. The Hall–Kier alpha value is -2.93. The number of hydrogen-bond donors (Lipinski definition) is 0. The Morgan fingerprint density at radius 3 is 2.64 bits per heavy atom. The second-order valence-corrected chi connectivity index (χ2v) is 7.74. The largest absolute Gasteiger partial charge is 0.459 e. The van der Waals surface area contributed by atoms with Crippen molar-refractivity contribution in [2.24, 2.45) is 17.8 Å². The van der Waals surface area contributed by atoms with E-state index in [0.717, 1.165) is 25.2 Å². The summed E-state index contributed by atoms with van der Waals surface area (Å²) < 4.78 is 11.0. The summed E-state index contributed by atoms with van der Waals surface area (Å²) in [5.41, 5.74) is 0.932. The number of furan rings is 1. The van der Waals surface area contributed by atoms with E-state index in [9.17, 15) is 4.79 Å². The standard InChI is InChI=1S/C21H22N4O3/c1-24(13-19-22-23-20(28-19)14-6-3-2-4-7-14)10-15-16-11-25(12-17(15)16)21(26)18-8-5-9-27-18/h2-9,15-17H,10-13H2,1H3/t15?,16-,17+. The SMILES string of the molecule is CN(Cc1nnc(-c2ccccc2)o1)CC1[C@H]2CN(C(=O)c3ccco3)C[C@@H]12. The van der Waals surface area contributed by atoms with Crippen molar-refractivity contribution in [3.8, 4) is 11.5 Å². The van der Waals surface area contributed by atoms with E-state index < -0.39 is 0 Å². The summed E-state index contributed by atoms with van der Waals surface area (Å²) >= 11 is 0. The summed E-state index contributed by atoms with van der Waals surface area (Å²) in [5, 5.41) is 8.32. The highest BCUT2D eigenvalue weighted by Gasteiger charge is 2.56. The molecule has 3 heterocycles. The number of hydrogen-bond acceptors (Lipinski definition) is 6. The second kappa shape index (κ2) is 6.91. The summed E-state index contributed by atoms with van der Waals surface area (Å²) in [5.74, 6) is 3.42. The molecular formula is C21H22N4O3. The minimum absolute atomic E-state index is 0.00334. The molecule has 2 fully saturated rings. The number of rotatable bonds is 6. The highest BCUT2D eigenvalue weighted by Crippen LogP contribution is 2.52. The predicted molar refractivity (Wildman–Crippen MR) is 101 cm³/mol. The van der Waals surface area contributed by atoms with Crippen LogP contribution in [0.5, 0.6) is 0 Å². The minimum atomic E-state index is 0.00334. The lowest BCUT2D eigenvalue weighted by atomic mass is 10.2. The van der Waals surface area contributed by atoms with Crippen LogP contribution in [0.2, 0.25) is 0 Å². The average Bonchev–Trinajstić information content (AvgIpc) is 3.26. The molecule has 3 aromatic rings. The number of carbonyl (C=O) groups is 1. The topological polar surface area (TPSA) is 75.6 Å². The number of aromatic nitrogens is 2. The van der Waals surface area contributed by atoms with Gasteiger partial charge in [-0.05, 0) is 49.1 Å². The molecule has 1 saturated carbocycles. The van der Waals surface area contributed by atoms with Gasteiger partial charge in [0, 0.05) is 25.2 Å². The third kappa shape index (κ3) is 3.22.